The van der Waals surface area contributed by atoms with Crippen molar-refractivity contribution in [3.63, 3.8) is 0 Å². The molecule has 6 nitrogen and oxygen atoms in total. The number of carbonyl (C=O) groups excluding carboxylic acids is 3. The molecule has 1 aliphatic carbocycles. The SMILES string of the molecule is CC(C)(C)OC(=O)C[C@H](NC(=O)OCC1c2ccccc2-c2ccccc21)C(=O)CCCCCc1ccccc1. The number of aryl methyl sites for hydroxylation is 1. The summed E-state index contributed by atoms with van der Waals surface area (Å²) in [7, 11) is 0. The van der Waals surface area contributed by atoms with Crippen molar-refractivity contribution >= 4 is 17.8 Å². The average molecular weight is 542 g/mol. The zero-order valence-electron chi connectivity index (χ0n) is 23.7. The van der Waals surface area contributed by atoms with Gasteiger partial charge in [-0.2, -0.15) is 0 Å². The first-order chi connectivity index (χ1) is 19.2. The van der Waals surface area contributed by atoms with Gasteiger partial charge in [-0.05, 0) is 67.9 Å². The molecule has 3 aromatic carbocycles. The Balaban J connectivity index is 1.33. The van der Waals surface area contributed by atoms with Gasteiger partial charge in [0.2, 0.25) is 0 Å². The third-order valence-electron chi connectivity index (χ3n) is 7.05. The predicted molar refractivity (Wildman–Crippen MR) is 156 cm³/mol. The van der Waals surface area contributed by atoms with Gasteiger partial charge in [0.15, 0.2) is 5.78 Å². The molecule has 1 aliphatic rings. The van der Waals surface area contributed by atoms with Crippen molar-refractivity contribution < 1.29 is 23.9 Å². The quantitative estimate of drug-likeness (QED) is 0.197. The number of ketones is 1. The highest BCUT2D eigenvalue weighted by Gasteiger charge is 2.31. The molecule has 0 saturated carbocycles. The second-order valence-electron chi connectivity index (χ2n) is 11.3. The molecule has 1 N–H and O–H groups in total. The molecule has 0 heterocycles. The van der Waals surface area contributed by atoms with Gasteiger partial charge in [-0.25, -0.2) is 4.79 Å². The number of hydrogen-bond acceptors (Lipinski definition) is 5. The van der Waals surface area contributed by atoms with Gasteiger partial charge in [0.05, 0.1) is 6.42 Å². The van der Waals surface area contributed by atoms with Crippen LogP contribution >= 0.6 is 0 Å². The molecule has 0 unspecified atom stereocenters. The minimum Gasteiger partial charge on any atom is -0.460 e. The summed E-state index contributed by atoms with van der Waals surface area (Å²) in [5.41, 5.74) is 5.07. The number of amides is 1. The molecule has 1 amide bonds. The zero-order valence-corrected chi connectivity index (χ0v) is 23.7. The van der Waals surface area contributed by atoms with Gasteiger partial charge in [-0.15, -0.1) is 0 Å². The number of carbonyl (C=O) groups is 3. The maximum atomic E-state index is 13.1. The maximum absolute atomic E-state index is 13.1. The average Bonchev–Trinajstić information content (AvgIpc) is 3.24. The molecule has 0 aliphatic heterocycles. The highest BCUT2D eigenvalue weighted by molar-refractivity contribution is 5.91. The summed E-state index contributed by atoms with van der Waals surface area (Å²) in [4.78, 5) is 38.6. The van der Waals surface area contributed by atoms with Crippen LogP contribution in [0.3, 0.4) is 0 Å². The van der Waals surface area contributed by atoms with Crippen LogP contribution in [0.15, 0.2) is 78.9 Å². The lowest BCUT2D eigenvalue weighted by Gasteiger charge is -2.22. The van der Waals surface area contributed by atoms with Crippen molar-refractivity contribution in [1.82, 2.24) is 5.32 Å². The van der Waals surface area contributed by atoms with E-state index < -0.39 is 23.7 Å². The van der Waals surface area contributed by atoms with Crippen LogP contribution in [0.5, 0.6) is 0 Å². The van der Waals surface area contributed by atoms with Crippen LogP contribution in [0.1, 0.15) is 75.5 Å². The van der Waals surface area contributed by atoms with Crippen molar-refractivity contribution in [3.8, 4) is 11.1 Å². The van der Waals surface area contributed by atoms with E-state index in [-0.39, 0.29) is 31.1 Å². The molecule has 0 saturated heterocycles. The van der Waals surface area contributed by atoms with E-state index in [1.54, 1.807) is 20.8 Å². The Labute approximate surface area is 237 Å². The van der Waals surface area contributed by atoms with Crippen LogP contribution in [0.4, 0.5) is 4.79 Å². The largest absolute Gasteiger partial charge is 0.460 e. The summed E-state index contributed by atoms with van der Waals surface area (Å²) in [5, 5.41) is 2.66. The number of nitrogens with one attached hydrogen (secondary N) is 1. The maximum Gasteiger partial charge on any atom is 0.407 e. The van der Waals surface area contributed by atoms with Crippen LogP contribution in [-0.2, 0) is 25.5 Å². The number of fused-ring (bicyclic) bond motifs is 3. The molecule has 1 atom stereocenters. The Morgan fingerprint density at radius 3 is 2.02 bits per heavy atom. The molecule has 0 bridgehead atoms. The molecule has 0 radical (unpaired) electrons. The summed E-state index contributed by atoms with van der Waals surface area (Å²) < 4.78 is 11.1. The summed E-state index contributed by atoms with van der Waals surface area (Å²) in [6.45, 7) is 5.45. The number of benzene rings is 3. The monoisotopic (exact) mass is 541 g/mol. The van der Waals surface area contributed by atoms with Crippen molar-refractivity contribution in [2.45, 2.75) is 76.9 Å². The fourth-order valence-electron chi connectivity index (χ4n) is 5.20. The van der Waals surface area contributed by atoms with Crippen LogP contribution in [0, 0.1) is 0 Å². The third-order valence-corrected chi connectivity index (χ3v) is 7.05. The van der Waals surface area contributed by atoms with Gasteiger partial charge in [-0.3, -0.25) is 9.59 Å². The Bertz CT molecular complexity index is 1270. The Morgan fingerprint density at radius 2 is 1.40 bits per heavy atom. The van der Waals surface area contributed by atoms with E-state index >= 15 is 0 Å². The van der Waals surface area contributed by atoms with E-state index in [1.165, 1.54) is 5.56 Å². The van der Waals surface area contributed by atoms with Crippen molar-refractivity contribution in [3.05, 3.63) is 95.6 Å². The van der Waals surface area contributed by atoms with Crippen molar-refractivity contribution in [2.75, 3.05) is 6.61 Å². The molecular weight excluding hydrogens is 502 g/mol. The summed E-state index contributed by atoms with van der Waals surface area (Å²) in [5.74, 6) is -0.823. The molecule has 0 spiro atoms. The number of alkyl carbamates (subject to hydrolysis) is 1. The van der Waals surface area contributed by atoms with E-state index in [0.717, 1.165) is 41.5 Å². The van der Waals surface area contributed by atoms with Crippen molar-refractivity contribution in [2.24, 2.45) is 0 Å². The molecule has 210 valence electrons. The van der Waals surface area contributed by atoms with E-state index in [2.05, 4.69) is 29.6 Å². The number of ether oxygens (including phenoxy) is 2. The topological polar surface area (TPSA) is 81.7 Å². The Kier molecular flexibility index (Phi) is 9.75. The zero-order chi connectivity index (χ0) is 28.5. The molecule has 0 fully saturated rings. The highest BCUT2D eigenvalue weighted by Crippen LogP contribution is 2.44. The number of hydrogen-bond donors (Lipinski definition) is 1. The Hall–Kier alpha value is -3.93. The normalized spacial score (nSPS) is 13.2. The van der Waals surface area contributed by atoms with Crippen LogP contribution in [0.25, 0.3) is 11.1 Å². The van der Waals surface area contributed by atoms with E-state index in [9.17, 15) is 14.4 Å². The first-order valence-corrected chi connectivity index (χ1v) is 14.1. The minimum absolute atomic E-state index is 0.0947. The fourth-order valence-corrected chi connectivity index (χ4v) is 5.20. The first-order valence-electron chi connectivity index (χ1n) is 14.1. The van der Waals surface area contributed by atoms with Gasteiger partial charge in [0, 0.05) is 12.3 Å². The lowest BCUT2D eigenvalue weighted by atomic mass is 9.98. The van der Waals surface area contributed by atoms with Crippen LogP contribution in [-0.4, -0.2) is 36.1 Å². The number of unbranched alkanes of at least 4 members (excludes halogenated alkanes) is 2. The van der Waals surface area contributed by atoms with Crippen LogP contribution < -0.4 is 5.32 Å². The summed E-state index contributed by atoms with van der Waals surface area (Å²) in [6.07, 6.45) is 2.80. The summed E-state index contributed by atoms with van der Waals surface area (Å²) >= 11 is 0. The minimum atomic E-state index is -1.00. The first kappa shape index (κ1) is 29.1. The van der Waals surface area contributed by atoms with Gasteiger partial charge in [-0.1, -0.05) is 85.3 Å². The highest BCUT2D eigenvalue weighted by atomic mass is 16.6. The number of rotatable bonds is 12. The predicted octanol–water partition coefficient (Wildman–Crippen LogP) is 7.00. The van der Waals surface area contributed by atoms with Crippen LogP contribution in [0.2, 0.25) is 0 Å². The molecule has 3 aromatic rings. The molecule has 4 rings (SSSR count). The van der Waals surface area contributed by atoms with Gasteiger partial charge in [0.25, 0.3) is 0 Å². The summed E-state index contributed by atoms with van der Waals surface area (Å²) in [6, 6.07) is 25.4. The lowest BCUT2D eigenvalue weighted by molar-refractivity contribution is -0.156. The molecular formula is C34H39NO5. The molecule has 6 heteroatoms. The smallest absolute Gasteiger partial charge is 0.407 e. The third kappa shape index (κ3) is 8.04. The second kappa shape index (κ2) is 13.4. The standard InChI is InChI=1S/C34H39NO5/c1-34(2,3)40-32(37)22-30(31(36)21-9-5-8-16-24-14-6-4-7-15-24)35-33(38)39-23-29-27-19-12-10-17-25(27)26-18-11-13-20-28(26)29/h4,6-7,10-15,17-20,29-30H,5,8-9,16,21-23H2,1-3H3,(H,35,38)/t30-/m0/s1. The van der Waals surface area contributed by atoms with E-state index in [1.807, 2.05) is 54.6 Å². The van der Waals surface area contributed by atoms with Gasteiger partial charge in [0.1, 0.15) is 18.2 Å². The van der Waals surface area contributed by atoms with Crippen molar-refractivity contribution in [1.29, 1.82) is 0 Å². The molecule has 40 heavy (non-hydrogen) atoms. The number of Topliss-reactive ketones (excluding diaryl/α,β-unsaturated/α-hetero) is 1. The Morgan fingerprint density at radius 1 is 0.800 bits per heavy atom. The van der Waals surface area contributed by atoms with Gasteiger partial charge >= 0.3 is 12.1 Å². The van der Waals surface area contributed by atoms with Gasteiger partial charge < -0.3 is 14.8 Å². The second-order valence-corrected chi connectivity index (χ2v) is 11.3. The number of esters is 1. The lowest BCUT2D eigenvalue weighted by Crippen LogP contribution is -2.43. The molecule has 0 aromatic heterocycles. The fraction of sp³-hybridized carbons (Fsp3) is 0.382. The van der Waals surface area contributed by atoms with E-state index in [4.69, 9.17) is 9.47 Å². The van der Waals surface area contributed by atoms with E-state index in [0.29, 0.717) is 6.42 Å².